The lowest BCUT2D eigenvalue weighted by molar-refractivity contribution is -0.117. The Morgan fingerprint density at radius 3 is 3.10 bits per heavy atom. The van der Waals surface area contributed by atoms with Crippen LogP contribution in [0.1, 0.15) is 6.42 Å². The van der Waals surface area contributed by atoms with Crippen molar-refractivity contribution in [3.63, 3.8) is 0 Å². The molecule has 1 unspecified atom stereocenters. The fraction of sp³-hybridized carbons (Fsp3) is 0.222. The highest BCUT2D eigenvalue weighted by atomic mass is 16.1. The Bertz CT molecular complexity index is 256. The molecule has 1 atom stereocenters. The lowest BCUT2D eigenvalue weighted by Gasteiger charge is -2.09. The van der Waals surface area contributed by atoms with Gasteiger partial charge in [0.25, 0.3) is 0 Å². The number of ketones is 1. The van der Waals surface area contributed by atoms with Gasteiger partial charge in [-0.25, -0.2) is 0 Å². The second kappa shape index (κ2) is 1.94. The molecule has 0 aromatic carbocycles. The van der Waals surface area contributed by atoms with Gasteiger partial charge < -0.3 is 0 Å². The summed E-state index contributed by atoms with van der Waals surface area (Å²) in [5.41, 5.74) is 1.17. The van der Waals surface area contributed by atoms with Crippen molar-refractivity contribution in [1.29, 1.82) is 0 Å². The van der Waals surface area contributed by atoms with E-state index >= 15 is 0 Å². The van der Waals surface area contributed by atoms with Crippen LogP contribution in [-0.2, 0) is 4.79 Å². The van der Waals surface area contributed by atoms with Crippen molar-refractivity contribution in [2.75, 3.05) is 0 Å². The first-order valence-corrected chi connectivity index (χ1v) is 3.46. The minimum absolute atomic E-state index is 0.157. The number of carbonyl (C=O) groups excluding carboxylic acids is 1. The van der Waals surface area contributed by atoms with Crippen LogP contribution in [0.2, 0.25) is 0 Å². The lowest BCUT2D eigenvalue weighted by atomic mass is 9.93. The zero-order valence-corrected chi connectivity index (χ0v) is 5.58. The summed E-state index contributed by atoms with van der Waals surface area (Å²) < 4.78 is 0. The van der Waals surface area contributed by atoms with Gasteiger partial charge in [-0.1, -0.05) is 24.3 Å². The zero-order valence-electron chi connectivity index (χ0n) is 5.58. The Morgan fingerprint density at radius 2 is 2.30 bits per heavy atom. The molecule has 2 rings (SSSR count). The van der Waals surface area contributed by atoms with E-state index in [1.165, 1.54) is 5.57 Å². The van der Waals surface area contributed by atoms with Crippen molar-refractivity contribution >= 4 is 5.78 Å². The van der Waals surface area contributed by atoms with Gasteiger partial charge in [-0.2, -0.15) is 0 Å². The van der Waals surface area contributed by atoms with Crippen LogP contribution in [0.15, 0.2) is 36.0 Å². The monoisotopic (exact) mass is 132 g/mol. The molecule has 0 aliphatic heterocycles. The number of hydrogen-bond acceptors (Lipinski definition) is 1. The van der Waals surface area contributed by atoms with E-state index in [-0.39, 0.29) is 11.7 Å². The Hall–Kier alpha value is -1.11. The third-order valence-corrected chi connectivity index (χ3v) is 1.98. The Balaban J connectivity index is 2.40. The third-order valence-electron chi connectivity index (χ3n) is 1.98. The van der Waals surface area contributed by atoms with Crippen LogP contribution < -0.4 is 0 Å². The molecule has 0 heterocycles. The quantitative estimate of drug-likeness (QED) is 0.489. The highest BCUT2D eigenvalue weighted by Gasteiger charge is 2.23. The molecule has 1 nitrogen and oxygen atoms in total. The maximum absolute atomic E-state index is 11.1. The smallest absolute Gasteiger partial charge is 0.163 e. The first kappa shape index (κ1) is 5.66. The molecule has 0 amide bonds. The molecule has 0 bridgehead atoms. The van der Waals surface area contributed by atoms with Gasteiger partial charge in [0.1, 0.15) is 0 Å². The molecule has 0 aromatic heterocycles. The van der Waals surface area contributed by atoms with Gasteiger partial charge in [0.05, 0.1) is 5.92 Å². The molecule has 0 N–H and O–H groups in total. The number of fused-ring (bicyclic) bond motifs is 1. The van der Waals surface area contributed by atoms with Gasteiger partial charge >= 0.3 is 0 Å². The van der Waals surface area contributed by atoms with Crippen molar-refractivity contribution in [2.24, 2.45) is 5.92 Å². The lowest BCUT2D eigenvalue weighted by Crippen LogP contribution is -2.12. The second-order valence-corrected chi connectivity index (χ2v) is 2.62. The molecule has 0 aromatic rings. The highest BCUT2D eigenvalue weighted by Crippen LogP contribution is 2.27. The summed E-state index contributed by atoms with van der Waals surface area (Å²) in [7, 11) is 0. The van der Waals surface area contributed by atoms with E-state index in [0.717, 1.165) is 6.42 Å². The van der Waals surface area contributed by atoms with Gasteiger partial charge in [0.15, 0.2) is 5.78 Å². The summed E-state index contributed by atoms with van der Waals surface area (Å²) in [5, 5.41) is 0. The zero-order chi connectivity index (χ0) is 6.97. The average Bonchev–Trinajstić information content (AvgIpc) is 2.36. The first-order valence-electron chi connectivity index (χ1n) is 3.46. The van der Waals surface area contributed by atoms with E-state index in [1.54, 1.807) is 6.08 Å². The summed E-state index contributed by atoms with van der Waals surface area (Å²) >= 11 is 0. The first-order chi connectivity index (χ1) is 4.88. The van der Waals surface area contributed by atoms with Crippen LogP contribution in [0.5, 0.6) is 0 Å². The molecular formula is C9H8O. The van der Waals surface area contributed by atoms with Crippen LogP contribution in [0.4, 0.5) is 0 Å². The maximum Gasteiger partial charge on any atom is 0.163 e. The number of carbonyl (C=O) groups is 1. The largest absolute Gasteiger partial charge is 0.294 e. The Morgan fingerprint density at radius 1 is 1.40 bits per heavy atom. The normalized spacial score (nSPS) is 28.6. The Labute approximate surface area is 59.7 Å². The Kier molecular flexibility index (Phi) is 1.10. The summed E-state index contributed by atoms with van der Waals surface area (Å²) in [6, 6.07) is 0. The fourth-order valence-electron chi connectivity index (χ4n) is 1.41. The van der Waals surface area contributed by atoms with E-state index in [4.69, 9.17) is 0 Å². The minimum atomic E-state index is 0.157. The molecular weight excluding hydrogens is 124 g/mol. The molecule has 2 aliphatic rings. The molecule has 1 heteroatoms. The van der Waals surface area contributed by atoms with E-state index in [2.05, 4.69) is 6.08 Å². The molecule has 50 valence electrons. The SMILES string of the molecule is O=C1C=CC=C2C=CCC12. The standard InChI is InChI=1S/C9H8O/c10-9-6-2-4-7-3-1-5-8(7)9/h1-4,6,8H,5H2. The van der Waals surface area contributed by atoms with Crippen molar-refractivity contribution < 1.29 is 4.79 Å². The van der Waals surface area contributed by atoms with Crippen molar-refractivity contribution in [2.45, 2.75) is 6.42 Å². The predicted octanol–water partition coefficient (Wildman–Crippen LogP) is 1.63. The topological polar surface area (TPSA) is 17.1 Å². The van der Waals surface area contributed by atoms with E-state index in [0.29, 0.717) is 0 Å². The van der Waals surface area contributed by atoms with E-state index in [1.807, 2.05) is 18.2 Å². The van der Waals surface area contributed by atoms with Crippen LogP contribution in [0.25, 0.3) is 0 Å². The second-order valence-electron chi connectivity index (χ2n) is 2.62. The number of allylic oxidation sites excluding steroid dienone is 6. The summed E-state index contributed by atoms with van der Waals surface area (Å²) in [4.78, 5) is 11.1. The molecule has 0 spiro atoms. The van der Waals surface area contributed by atoms with Gasteiger partial charge in [0, 0.05) is 0 Å². The maximum atomic E-state index is 11.1. The third kappa shape index (κ3) is 0.670. The summed E-state index contributed by atoms with van der Waals surface area (Å²) in [6.45, 7) is 0. The highest BCUT2D eigenvalue weighted by molar-refractivity contribution is 5.96. The van der Waals surface area contributed by atoms with Crippen LogP contribution in [0, 0.1) is 5.92 Å². The molecule has 0 saturated heterocycles. The molecule has 0 fully saturated rings. The summed E-state index contributed by atoms with van der Waals surface area (Å²) in [6.07, 6.45) is 10.5. The van der Waals surface area contributed by atoms with Crippen LogP contribution in [-0.4, -0.2) is 5.78 Å². The molecule has 10 heavy (non-hydrogen) atoms. The van der Waals surface area contributed by atoms with Gasteiger partial charge in [-0.15, -0.1) is 0 Å². The molecule has 0 saturated carbocycles. The minimum Gasteiger partial charge on any atom is -0.294 e. The summed E-state index contributed by atoms with van der Waals surface area (Å²) in [5.74, 6) is 0.410. The van der Waals surface area contributed by atoms with Gasteiger partial charge in [-0.3, -0.25) is 4.79 Å². The van der Waals surface area contributed by atoms with Crippen molar-refractivity contribution in [3.8, 4) is 0 Å². The predicted molar refractivity (Wildman–Crippen MR) is 39.5 cm³/mol. The van der Waals surface area contributed by atoms with E-state index < -0.39 is 0 Å². The fourth-order valence-corrected chi connectivity index (χ4v) is 1.41. The molecule has 0 radical (unpaired) electrons. The average molecular weight is 132 g/mol. The van der Waals surface area contributed by atoms with Gasteiger partial charge in [0.2, 0.25) is 0 Å². The van der Waals surface area contributed by atoms with Crippen LogP contribution >= 0.6 is 0 Å². The number of hydrogen-bond donors (Lipinski definition) is 0. The van der Waals surface area contributed by atoms with Crippen molar-refractivity contribution in [1.82, 2.24) is 0 Å². The molecule has 2 aliphatic carbocycles. The van der Waals surface area contributed by atoms with E-state index in [9.17, 15) is 4.79 Å². The van der Waals surface area contributed by atoms with Crippen LogP contribution in [0.3, 0.4) is 0 Å². The number of rotatable bonds is 0. The van der Waals surface area contributed by atoms with Gasteiger partial charge in [-0.05, 0) is 18.1 Å². The van der Waals surface area contributed by atoms with Crippen molar-refractivity contribution in [3.05, 3.63) is 36.0 Å².